The van der Waals surface area contributed by atoms with Crippen LogP contribution in [-0.4, -0.2) is 12.5 Å². The molecule has 4 bridgehead atoms. The third-order valence-corrected chi connectivity index (χ3v) is 6.53. The van der Waals surface area contributed by atoms with Gasteiger partial charge < -0.3 is 5.32 Å². The van der Waals surface area contributed by atoms with Gasteiger partial charge in [-0.05, 0) is 85.1 Å². The van der Waals surface area contributed by atoms with Crippen LogP contribution in [0.25, 0.3) is 0 Å². The SMILES string of the molecule is O=C(NCCc1ccsc1)C12CC3CC(CC(C3)C1)C2. The lowest BCUT2D eigenvalue weighted by molar-refractivity contribution is -0.146. The summed E-state index contributed by atoms with van der Waals surface area (Å²) in [5.41, 5.74) is 1.37. The van der Waals surface area contributed by atoms with Crippen molar-refractivity contribution in [2.45, 2.75) is 44.9 Å². The fourth-order valence-electron chi connectivity index (χ4n) is 5.33. The Kier molecular flexibility index (Phi) is 3.13. The van der Waals surface area contributed by atoms with Crippen LogP contribution in [0.15, 0.2) is 16.8 Å². The molecule has 2 nitrogen and oxygen atoms in total. The van der Waals surface area contributed by atoms with Crippen LogP contribution in [0.3, 0.4) is 0 Å². The van der Waals surface area contributed by atoms with Gasteiger partial charge in [-0.2, -0.15) is 11.3 Å². The van der Waals surface area contributed by atoms with Gasteiger partial charge in [0.15, 0.2) is 0 Å². The van der Waals surface area contributed by atoms with Crippen molar-refractivity contribution in [1.29, 1.82) is 0 Å². The first kappa shape index (κ1) is 12.9. The number of rotatable bonds is 4. The number of nitrogens with one attached hydrogen (secondary N) is 1. The molecule has 4 saturated carbocycles. The summed E-state index contributed by atoms with van der Waals surface area (Å²) in [5.74, 6) is 2.92. The molecule has 1 N–H and O–H groups in total. The fourth-order valence-corrected chi connectivity index (χ4v) is 6.03. The van der Waals surface area contributed by atoms with E-state index in [-0.39, 0.29) is 5.41 Å². The fraction of sp³-hybridized carbons (Fsp3) is 0.706. The molecule has 4 fully saturated rings. The van der Waals surface area contributed by atoms with Gasteiger partial charge in [0.1, 0.15) is 0 Å². The highest BCUT2D eigenvalue weighted by Crippen LogP contribution is 2.60. The molecule has 0 aliphatic heterocycles. The molecule has 3 heteroatoms. The van der Waals surface area contributed by atoms with Gasteiger partial charge in [0.25, 0.3) is 0 Å². The standard InChI is InChI=1S/C17H23NOS/c19-16(18-3-1-12-2-4-20-11-12)17-8-13-5-14(9-17)7-15(6-13)10-17/h2,4,11,13-15H,1,3,5-10H2,(H,18,19). The summed E-state index contributed by atoms with van der Waals surface area (Å²) in [6.07, 6.45) is 8.70. The second-order valence-electron chi connectivity index (χ2n) is 7.34. The molecule has 0 aromatic carbocycles. The first-order chi connectivity index (χ1) is 9.73. The lowest BCUT2D eigenvalue weighted by atomic mass is 9.49. The molecule has 1 heterocycles. The largest absolute Gasteiger partial charge is 0.355 e. The molecule has 1 aromatic heterocycles. The minimum Gasteiger partial charge on any atom is -0.355 e. The third-order valence-electron chi connectivity index (χ3n) is 5.80. The summed E-state index contributed by atoms with van der Waals surface area (Å²) in [6.45, 7) is 0.803. The lowest BCUT2D eigenvalue weighted by Gasteiger charge is -2.55. The van der Waals surface area contributed by atoms with Crippen LogP contribution in [0.1, 0.15) is 44.1 Å². The van der Waals surface area contributed by atoms with E-state index in [1.165, 1.54) is 44.1 Å². The molecule has 1 aromatic rings. The number of carbonyl (C=O) groups is 1. The number of thiophene rings is 1. The van der Waals surface area contributed by atoms with Gasteiger partial charge in [-0.1, -0.05) is 0 Å². The minimum absolute atomic E-state index is 0.0173. The lowest BCUT2D eigenvalue weighted by Crippen LogP contribution is -2.53. The number of hydrogen-bond acceptors (Lipinski definition) is 2. The molecular weight excluding hydrogens is 266 g/mol. The van der Waals surface area contributed by atoms with E-state index in [9.17, 15) is 4.79 Å². The Bertz CT molecular complexity index is 458. The second kappa shape index (κ2) is 4.87. The molecule has 0 unspecified atom stereocenters. The van der Waals surface area contributed by atoms with Crippen LogP contribution in [0.5, 0.6) is 0 Å². The highest BCUT2D eigenvalue weighted by Gasteiger charge is 2.54. The van der Waals surface area contributed by atoms with Gasteiger partial charge >= 0.3 is 0 Å². The van der Waals surface area contributed by atoms with Crippen molar-refractivity contribution in [2.24, 2.45) is 23.2 Å². The van der Waals surface area contributed by atoms with Gasteiger partial charge in [0.2, 0.25) is 5.91 Å². The molecule has 1 amide bonds. The number of carbonyl (C=O) groups excluding carboxylic acids is 1. The normalized spacial score (nSPS) is 38.1. The predicted octanol–water partition coefficient (Wildman–Crippen LogP) is 3.62. The van der Waals surface area contributed by atoms with Crippen molar-refractivity contribution in [1.82, 2.24) is 5.32 Å². The Labute approximate surface area is 125 Å². The Morgan fingerprint density at radius 2 is 1.85 bits per heavy atom. The molecule has 0 radical (unpaired) electrons. The molecular formula is C17H23NOS. The van der Waals surface area contributed by atoms with Crippen LogP contribution < -0.4 is 5.32 Å². The molecule has 5 rings (SSSR count). The molecule has 4 aliphatic rings. The van der Waals surface area contributed by atoms with Crippen molar-refractivity contribution in [2.75, 3.05) is 6.54 Å². The Hall–Kier alpha value is -0.830. The maximum absolute atomic E-state index is 12.7. The Balaban J connectivity index is 1.38. The number of hydrogen-bond donors (Lipinski definition) is 1. The first-order valence-electron chi connectivity index (χ1n) is 8.03. The van der Waals surface area contributed by atoms with Gasteiger partial charge in [0.05, 0.1) is 0 Å². The first-order valence-corrected chi connectivity index (χ1v) is 8.97. The van der Waals surface area contributed by atoms with E-state index in [0.717, 1.165) is 30.7 Å². The minimum atomic E-state index is 0.0173. The zero-order chi connectivity index (χ0) is 13.6. The van der Waals surface area contributed by atoms with E-state index >= 15 is 0 Å². The van der Waals surface area contributed by atoms with E-state index in [1.54, 1.807) is 11.3 Å². The van der Waals surface area contributed by atoms with Crippen LogP contribution >= 0.6 is 11.3 Å². The molecule has 0 saturated heterocycles. The van der Waals surface area contributed by atoms with E-state index in [0.29, 0.717) is 5.91 Å². The van der Waals surface area contributed by atoms with E-state index in [2.05, 4.69) is 22.1 Å². The van der Waals surface area contributed by atoms with E-state index in [4.69, 9.17) is 0 Å². The summed E-state index contributed by atoms with van der Waals surface area (Å²) in [6, 6.07) is 2.15. The van der Waals surface area contributed by atoms with Crippen LogP contribution in [-0.2, 0) is 11.2 Å². The average molecular weight is 289 g/mol. The van der Waals surface area contributed by atoms with Crippen molar-refractivity contribution < 1.29 is 4.79 Å². The summed E-state index contributed by atoms with van der Waals surface area (Å²) in [7, 11) is 0. The maximum Gasteiger partial charge on any atom is 0.226 e. The number of amides is 1. The quantitative estimate of drug-likeness (QED) is 0.901. The predicted molar refractivity (Wildman–Crippen MR) is 81.6 cm³/mol. The third kappa shape index (κ3) is 2.20. The second-order valence-corrected chi connectivity index (χ2v) is 8.12. The molecule has 20 heavy (non-hydrogen) atoms. The zero-order valence-corrected chi connectivity index (χ0v) is 12.8. The summed E-state index contributed by atoms with van der Waals surface area (Å²) >= 11 is 1.73. The molecule has 0 atom stereocenters. The van der Waals surface area contributed by atoms with Gasteiger partial charge in [-0.3, -0.25) is 4.79 Å². The monoisotopic (exact) mass is 289 g/mol. The Morgan fingerprint density at radius 3 is 2.40 bits per heavy atom. The zero-order valence-electron chi connectivity index (χ0n) is 11.9. The van der Waals surface area contributed by atoms with Crippen LogP contribution in [0, 0.1) is 23.2 Å². The van der Waals surface area contributed by atoms with E-state index in [1.807, 2.05) is 0 Å². The topological polar surface area (TPSA) is 29.1 Å². The van der Waals surface area contributed by atoms with E-state index < -0.39 is 0 Å². The molecule has 108 valence electrons. The van der Waals surface area contributed by atoms with Gasteiger partial charge in [0, 0.05) is 12.0 Å². The summed E-state index contributed by atoms with van der Waals surface area (Å²) in [4.78, 5) is 12.7. The van der Waals surface area contributed by atoms with Crippen molar-refractivity contribution in [3.63, 3.8) is 0 Å². The maximum atomic E-state index is 12.7. The summed E-state index contributed by atoms with van der Waals surface area (Å²) < 4.78 is 0. The van der Waals surface area contributed by atoms with Crippen LogP contribution in [0.2, 0.25) is 0 Å². The smallest absolute Gasteiger partial charge is 0.226 e. The van der Waals surface area contributed by atoms with Crippen molar-refractivity contribution >= 4 is 17.2 Å². The highest BCUT2D eigenvalue weighted by molar-refractivity contribution is 7.07. The van der Waals surface area contributed by atoms with Crippen molar-refractivity contribution in [3.8, 4) is 0 Å². The van der Waals surface area contributed by atoms with Crippen molar-refractivity contribution in [3.05, 3.63) is 22.4 Å². The highest BCUT2D eigenvalue weighted by atomic mass is 32.1. The molecule has 4 aliphatic carbocycles. The van der Waals surface area contributed by atoms with Gasteiger partial charge in [-0.25, -0.2) is 0 Å². The van der Waals surface area contributed by atoms with Crippen LogP contribution in [0.4, 0.5) is 0 Å². The summed E-state index contributed by atoms with van der Waals surface area (Å²) in [5, 5.41) is 7.53. The molecule has 0 spiro atoms. The average Bonchev–Trinajstić information content (AvgIpc) is 2.90. The Morgan fingerprint density at radius 1 is 1.20 bits per heavy atom. The van der Waals surface area contributed by atoms with Gasteiger partial charge in [-0.15, -0.1) is 0 Å².